The van der Waals surface area contributed by atoms with Crippen molar-refractivity contribution < 1.29 is 4.39 Å². The first-order valence-corrected chi connectivity index (χ1v) is 6.39. The average Bonchev–Trinajstić information content (AvgIpc) is 2.39. The molecule has 0 saturated heterocycles. The van der Waals surface area contributed by atoms with Crippen LogP contribution in [0.25, 0.3) is 0 Å². The number of halogens is 2. The molecule has 88 valence electrons. The maximum Gasteiger partial charge on any atom is 0.123 e. The highest BCUT2D eigenvalue weighted by molar-refractivity contribution is 9.09. The highest BCUT2D eigenvalue weighted by Crippen LogP contribution is 2.37. The zero-order valence-electron chi connectivity index (χ0n) is 9.48. The highest BCUT2D eigenvalue weighted by atomic mass is 79.9. The molecule has 2 unspecified atom stereocenters. The summed E-state index contributed by atoms with van der Waals surface area (Å²) in [6, 6.07) is 10.6. The summed E-state index contributed by atoms with van der Waals surface area (Å²) < 4.78 is 12.9. The lowest BCUT2D eigenvalue weighted by molar-refractivity contribution is 0.626. The first kappa shape index (κ1) is 12.2. The second kappa shape index (κ2) is 5.41. The molecule has 0 fully saturated rings. The van der Waals surface area contributed by atoms with Crippen LogP contribution in [0.1, 0.15) is 28.8 Å². The predicted octanol–water partition coefficient (Wildman–Crippen LogP) is 4.46. The van der Waals surface area contributed by atoms with E-state index in [1.807, 2.05) is 24.3 Å². The summed E-state index contributed by atoms with van der Waals surface area (Å²) in [5.74, 6) is 0.105. The van der Waals surface area contributed by atoms with Gasteiger partial charge < -0.3 is 0 Å². The fraction of sp³-hybridized carbons (Fsp3) is 0.214. The van der Waals surface area contributed by atoms with Crippen molar-refractivity contribution in [3.8, 4) is 0 Å². The van der Waals surface area contributed by atoms with Crippen molar-refractivity contribution in [3.63, 3.8) is 0 Å². The number of hydrogen-bond donors (Lipinski definition) is 0. The fourth-order valence-electron chi connectivity index (χ4n) is 1.77. The van der Waals surface area contributed by atoms with E-state index >= 15 is 0 Å². The molecule has 3 heteroatoms. The van der Waals surface area contributed by atoms with Crippen molar-refractivity contribution in [2.24, 2.45) is 0 Å². The van der Waals surface area contributed by atoms with Gasteiger partial charge in [0, 0.05) is 17.2 Å². The lowest BCUT2D eigenvalue weighted by Gasteiger charge is -2.19. The van der Waals surface area contributed by atoms with E-state index in [1.165, 1.54) is 17.7 Å². The van der Waals surface area contributed by atoms with Crippen molar-refractivity contribution in [1.82, 2.24) is 4.98 Å². The molecule has 0 amide bonds. The Balaban J connectivity index is 2.20. The summed E-state index contributed by atoms with van der Waals surface area (Å²) in [6.45, 7) is 2.14. The summed E-state index contributed by atoms with van der Waals surface area (Å²) in [5, 5.41) is 0. The average molecular weight is 294 g/mol. The van der Waals surface area contributed by atoms with Gasteiger partial charge in [0.25, 0.3) is 0 Å². The molecule has 2 atom stereocenters. The van der Waals surface area contributed by atoms with Crippen molar-refractivity contribution in [1.29, 1.82) is 0 Å². The van der Waals surface area contributed by atoms with Gasteiger partial charge in [0.1, 0.15) is 5.82 Å². The van der Waals surface area contributed by atoms with Gasteiger partial charge in [-0.2, -0.15) is 0 Å². The smallest absolute Gasteiger partial charge is 0.123 e. The molecule has 0 aliphatic heterocycles. The summed E-state index contributed by atoms with van der Waals surface area (Å²) in [7, 11) is 0. The van der Waals surface area contributed by atoms with Crippen LogP contribution in [-0.4, -0.2) is 4.98 Å². The van der Waals surface area contributed by atoms with E-state index in [2.05, 4.69) is 27.8 Å². The van der Waals surface area contributed by atoms with Crippen LogP contribution in [0.3, 0.4) is 0 Å². The maximum absolute atomic E-state index is 12.9. The van der Waals surface area contributed by atoms with Crippen LogP contribution in [0.15, 0.2) is 48.8 Å². The minimum atomic E-state index is -0.204. The lowest BCUT2D eigenvalue weighted by Crippen LogP contribution is -2.02. The van der Waals surface area contributed by atoms with E-state index in [9.17, 15) is 4.39 Å². The Kier molecular flexibility index (Phi) is 3.89. The number of hydrogen-bond acceptors (Lipinski definition) is 1. The minimum absolute atomic E-state index is 0.172. The molecule has 0 aliphatic carbocycles. The fourth-order valence-corrected chi connectivity index (χ4v) is 2.38. The Morgan fingerprint density at radius 2 is 1.59 bits per heavy atom. The summed E-state index contributed by atoms with van der Waals surface area (Å²) >= 11 is 3.67. The molecule has 1 aromatic carbocycles. The zero-order valence-corrected chi connectivity index (χ0v) is 11.1. The predicted molar refractivity (Wildman–Crippen MR) is 70.7 cm³/mol. The molecule has 0 N–H and O–H groups in total. The Bertz CT molecular complexity index is 469. The molecule has 1 heterocycles. The Morgan fingerprint density at radius 1 is 1.00 bits per heavy atom. The highest BCUT2D eigenvalue weighted by Gasteiger charge is 2.17. The molecule has 0 spiro atoms. The van der Waals surface area contributed by atoms with Gasteiger partial charge >= 0.3 is 0 Å². The van der Waals surface area contributed by atoms with E-state index < -0.39 is 0 Å². The summed E-state index contributed by atoms with van der Waals surface area (Å²) in [4.78, 5) is 4.18. The van der Waals surface area contributed by atoms with Gasteiger partial charge in [-0.3, -0.25) is 4.98 Å². The third-order valence-corrected chi connectivity index (χ3v) is 4.18. The van der Waals surface area contributed by atoms with E-state index in [1.54, 1.807) is 12.4 Å². The van der Waals surface area contributed by atoms with Gasteiger partial charge in [0.2, 0.25) is 0 Å². The van der Waals surface area contributed by atoms with Gasteiger partial charge in [-0.1, -0.05) is 35.0 Å². The molecular formula is C14H13BrFN. The van der Waals surface area contributed by atoms with Crippen molar-refractivity contribution in [2.75, 3.05) is 0 Å². The summed E-state index contributed by atoms with van der Waals surface area (Å²) in [5.41, 5.74) is 2.29. The number of pyridine rings is 1. The molecule has 0 saturated carbocycles. The van der Waals surface area contributed by atoms with E-state index in [0.29, 0.717) is 5.92 Å². The topological polar surface area (TPSA) is 12.9 Å². The van der Waals surface area contributed by atoms with Crippen LogP contribution in [0.5, 0.6) is 0 Å². The Hall–Kier alpha value is -1.22. The van der Waals surface area contributed by atoms with Gasteiger partial charge in [0.15, 0.2) is 0 Å². The molecule has 0 aliphatic rings. The molecule has 1 aromatic heterocycles. The molecular weight excluding hydrogens is 281 g/mol. The van der Waals surface area contributed by atoms with Crippen LogP contribution >= 0.6 is 15.9 Å². The van der Waals surface area contributed by atoms with E-state index in [0.717, 1.165) is 5.56 Å². The van der Waals surface area contributed by atoms with Gasteiger partial charge in [-0.25, -0.2) is 4.39 Å². The molecule has 0 bridgehead atoms. The normalized spacial score (nSPS) is 14.3. The Morgan fingerprint density at radius 3 is 2.18 bits per heavy atom. The summed E-state index contributed by atoms with van der Waals surface area (Å²) in [6.07, 6.45) is 3.58. The van der Waals surface area contributed by atoms with Crippen LogP contribution in [0, 0.1) is 5.82 Å². The zero-order chi connectivity index (χ0) is 12.3. The second-order valence-electron chi connectivity index (χ2n) is 4.02. The number of nitrogens with zero attached hydrogens (tertiary/aromatic N) is 1. The number of aromatic nitrogens is 1. The number of alkyl halides is 1. The van der Waals surface area contributed by atoms with Gasteiger partial charge in [0.05, 0.1) is 0 Å². The van der Waals surface area contributed by atoms with Crippen molar-refractivity contribution >= 4 is 15.9 Å². The van der Waals surface area contributed by atoms with Crippen LogP contribution in [-0.2, 0) is 0 Å². The lowest BCUT2D eigenvalue weighted by atomic mass is 9.94. The largest absolute Gasteiger partial charge is 0.265 e. The quantitative estimate of drug-likeness (QED) is 0.762. The van der Waals surface area contributed by atoms with Gasteiger partial charge in [-0.05, 0) is 41.3 Å². The Labute approximate surface area is 109 Å². The first-order valence-electron chi connectivity index (χ1n) is 5.48. The second-order valence-corrected chi connectivity index (χ2v) is 5.01. The van der Waals surface area contributed by atoms with E-state index in [4.69, 9.17) is 0 Å². The SMILES string of the molecule is CC(c1ccncc1)C(Br)c1ccc(F)cc1. The van der Waals surface area contributed by atoms with Crippen molar-refractivity contribution in [2.45, 2.75) is 17.7 Å². The molecule has 17 heavy (non-hydrogen) atoms. The van der Waals surface area contributed by atoms with Crippen molar-refractivity contribution in [3.05, 3.63) is 65.7 Å². The van der Waals surface area contributed by atoms with Crippen LogP contribution < -0.4 is 0 Å². The van der Waals surface area contributed by atoms with E-state index in [-0.39, 0.29) is 10.6 Å². The first-order chi connectivity index (χ1) is 8.18. The number of benzene rings is 1. The molecule has 2 aromatic rings. The third kappa shape index (κ3) is 2.91. The number of rotatable bonds is 3. The standard InChI is InChI=1S/C14H13BrFN/c1-10(11-6-8-17-9-7-11)14(15)12-2-4-13(16)5-3-12/h2-10,14H,1H3. The monoisotopic (exact) mass is 293 g/mol. The molecule has 1 nitrogen and oxygen atoms in total. The third-order valence-electron chi connectivity index (χ3n) is 2.86. The van der Waals surface area contributed by atoms with Gasteiger partial charge in [-0.15, -0.1) is 0 Å². The van der Waals surface area contributed by atoms with Crippen LogP contribution in [0.4, 0.5) is 4.39 Å². The molecule has 2 rings (SSSR count). The minimum Gasteiger partial charge on any atom is -0.265 e. The molecule has 0 radical (unpaired) electrons. The maximum atomic E-state index is 12.9. The van der Waals surface area contributed by atoms with Crippen LogP contribution in [0.2, 0.25) is 0 Å².